The average Bonchev–Trinajstić information content (AvgIpc) is 2.82. The summed E-state index contributed by atoms with van der Waals surface area (Å²) >= 11 is 0. The van der Waals surface area contributed by atoms with Crippen molar-refractivity contribution in [2.45, 2.75) is 37.7 Å². The predicted octanol–water partition coefficient (Wildman–Crippen LogP) is 2.58. The van der Waals surface area contributed by atoms with E-state index in [2.05, 4.69) is 16.6 Å². The number of benzene rings is 1. The van der Waals surface area contributed by atoms with Crippen LogP contribution in [0.3, 0.4) is 0 Å². The lowest BCUT2D eigenvalue weighted by Crippen LogP contribution is -2.39. The molecule has 1 aromatic rings. The van der Waals surface area contributed by atoms with E-state index in [0.717, 1.165) is 11.3 Å². The van der Waals surface area contributed by atoms with Crippen LogP contribution >= 0.6 is 0 Å². The molecule has 130 valence electrons. The molecule has 0 heterocycles. The van der Waals surface area contributed by atoms with Crippen LogP contribution in [0.1, 0.15) is 18.4 Å². The summed E-state index contributed by atoms with van der Waals surface area (Å²) in [6.07, 6.45) is 0.386. The van der Waals surface area contributed by atoms with E-state index in [4.69, 9.17) is 15.0 Å². The molecule has 1 saturated carbocycles. The topological polar surface area (TPSA) is 108 Å². The molecule has 0 aliphatic heterocycles. The Balaban J connectivity index is 2.02. The third kappa shape index (κ3) is 3.88. The van der Waals surface area contributed by atoms with Gasteiger partial charge in [-0.05, 0) is 36.1 Å². The van der Waals surface area contributed by atoms with Crippen molar-refractivity contribution in [2.75, 3.05) is 13.7 Å². The summed E-state index contributed by atoms with van der Waals surface area (Å²) in [5.74, 6) is 0.772. The number of nitrogens with zero attached hydrogens (tertiary/aromatic N) is 3. The van der Waals surface area contributed by atoms with Gasteiger partial charge in [-0.1, -0.05) is 23.3 Å². The number of rotatable bonds is 8. The van der Waals surface area contributed by atoms with E-state index in [9.17, 15) is 10.2 Å². The first-order chi connectivity index (χ1) is 11.6. The van der Waals surface area contributed by atoms with Gasteiger partial charge in [0.2, 0.25) is 0 Å². The quantitative estimate of drug-likeness (QED) is 0.330. The second kappa shape index (κ2) is 8.17. The second-order valence-electron chi connectivity index (χ2n) is 6.11. The molecule has 2 rings (SSSR count). The van der Waals surface area contributed by atoms with Gasteiger partial charge in [0.25, 0.3) is 0 Å². The second-order valence-corrected chi connectivity index (χ2v) is 6.11. The first kappa shape index (κ1) is 18.3. The Hall–Kier alpha value is -2.05. The van der Waals surface area contributed by atoms with Gasteiger partial charge in [0.1, 0.15) is 5.75 Å². The fourth-order valence-electron chi connectivity index (χ4n) is 3.19. The lowest BCUT2D eigenvalue weighted by molar-refractivity contribution is -0.0651. The minimum Gasteiger partial charge on any atom is -0.497 e. The minimum absolute atomic E-state index is 0.237. The fraction of sp³-hybridized carbons (Fsp3) is 0.529. The van der Waals surface area contributed by atoms with E-state index in [1.54, 1.807) is 13.2 Å². The number of aliphatic hydroxyl groups is 2. The van der Waals surface area contributed by atoms with Gasteiger partial charge in [0.05, 0.1) is 38.6 Å². The number of hydrogen-bond donors (Lipinski definition) is 2. The number of methoxy groups -OCH3 is 1. The zero-order valence-electron chi connectivity index (χ0n) is 13.7. The van der Waals surface area contributed by atoms with E-state index in [-0.39, 0.29) is 6.61 Å². The smallest absolute Gasteiger partial charge is 0.118 e. The molecule has 1 unspecified atom stereocenters. The summed E-state index contributed by atoms with van der Waals surface area (Å²) in [7, 11) is 1.61. The zero-order chi connectivity index (χ0) is 17.6. The molecule has 0 spiro atoms. The molecule has 1 aromatic carbocycles. The Morgan fingerprint density at radius 2 is 2.12 bits per heavy atom. The van der Waals surface area contributed by atoms with E-state index in [1.165, 1.54) is 0 Å². The Bertz CT molecular complexity index is 600. The highest BCUT2D eigenvalue weighted by atomic mass is 16.5. The molecule has 0 aromatic heterocycles. The van der Waals surface area contributed by atoms with Gasteiger partial charge in [-0.15, -0.1) is 6.58 Å². The van der Waals surface area contributed by atoms with Gasteiger partial charge < -0.3 is 19.7 Å². The van der Waals surface area contributed by atoms with Gasteiger partial charge in [-0.2, -0.15) is 0 Å². The third-order valence-electron chi connectivity index (χ3n) is 4.53. The Morgan fingerprint density at radius 1 is 1.42 bits per heavy atom. The van der Waals surface area contributed by atoms with Crippen molar-refractivity contribution >= 4 is 0 Å². The lowest BCUT2D eigenvalue weighted by atomic mass is 9.81. The van der Waals surface area contributed by atoms with Crippen molar-refractivity contribution in [1.29, 1.82) is 0 Å². The lowest BCUT2D eigenvalue weighted by Gasteiger charge is -2.32. The third-order valence-corrected chi connectivity index (χ3v) is 4.53. The standard InChI is InChI=1S/C17H23N3O4/c1-3-8-17(9-14(19-20-18)15(21)16(17)22)11-24-10-12-4-6-13(23-2)7-5-12/h3-7,14-16,21-22H,1,8-11H2,2H3/t14?,15-,16-,17-/m0/s1. The maximum Gasteiger partial charge on any atom is 0.118 e. The molecular formula is C17H23N3O4. The molecule has 0 bridgehead atoms. The van der Waals surface area contributed by atoms with Gasteiger partial charge in [-0.3, -0.25) is 0 Å². The van der Waals surface area contributed by atoms with Crippen molar-refractivity contribution < 1.29 is 19.7 Å². The summed E-state index contributed by atoms with van der Waals surface area (Å²) < 4.78 is 10.9. The van der Waals surface area contributed by atoms with Crippen molar-refractivity contribution in [2.24, 2.45) is 10.5 Å². The largest absolute Gasteiger partial charge is 0.497 e. The number of azide groups is 1. The molecule has 7 heteroatoms. The normalized spacial score (nSPS) is 29.0. The van der Waals surface area contributed by atoms with Crippen LogP contribution in [-0.4, -0.2) is 42.2 Å². The molecule has 1 aliphatic rings. The molecule has 7 nitrogen and oxygen atoms in total. The van der Waals surface area contributed by atoms with E-state index in [0.29, 0.717) is 19.4 Å². The Kier molecular flexibility index (Phi) is 6.23. The van der Waals surface area contributed by atoms with E-state index in [1.807, 2.05) is 24.3 Å². The molecule has 1 fully saturated rings. The summed E-state index contributed by atoms with van der Waals surface area (Å²) in [5, 5.41) is 24.1. The summed E-state index contributed by atoms with van der Waals surface area (Å²) in [4.78, 5) is 2.75. The van der Waals surface area contributed by atoms with Crippen LogP contribution in [0.5, 0.6) is 5.75 Å². The number of hydrogen-bond acceptors (Lipinski definition) is 5. The predicted molar refractivity (Wildman–Crippen MR) is 89.5 cm³/mol. The molecule has 0 saturated heterocycles. The van der Waals surface area contributed by atoms with Crippen LogP contribution in [0.4, 0.5) is 0 Å². The maximum atomic E-state index is 10.4. The van der Waals surface area contributed by atoms with Gasteiger partial charge in [0.15, 0.2) is 0 Å². The van der Waals surface area contributed by atoms with Gasteiger partial charge in [-0.25, -0.2) is 0 Å². The van der Waals surface area contributed by atoms with Gasteiger partial charge >= 0.3 is 0 Å². The Labute approximate surface area is 141 Å². The highest BCUT2D eigenvalue weighted by Gasteiger charge is 2.51. The molecule has 1 aliphatic carbocycles. The molecule has 24 heavy (non-hydrogen) atoms. The summed E-state index contributed by atoms with van der Waals surface area (Å²) in [5.41, 5.74) is 8.88. The SMILES string of the molecule is C=CC[C@@]1(COCc2ccc(OC)cc2)CC(N=[N+]=[N-])[C@H](O)[C@@H]1O. The fourth-order valence-corrected chi connectivity index (χ4v) is 3.19. The van der Waals surface area contributed by atoms with Crippen molar-refractivity contribution in [3.8, 4) is 5.75 Å². The average molecular weight is 333 g/mol. The van der Waals surface area contributed by atoms with Crippen LogP contribution in [0, 0.1) is 5.41 Å². The zero-order valence-corrected chi connectivity index (χ0v) is 13.7. The molecule has 0 amide bonds. The van der Waals surface area contributed by atoms with Crippen molar-refractivity contribution in [3.63, 3.8) is 0 Å². The molecule has 0 radical (unpaired) electrons. The van der Waals surface area contributed by atoms with Gasteiger partial charge in [0, 0.05) is 10.3 Å². The number of ether oxygens (including phenoxy) is 2. The number of aliphatic hydroxyl groups excluding tert-OH is 2. The van der Waals surface area contributed by atoms with Crippen LogP contribution in [-0.2, 0) is 11.3 Å². The monoisotopic (exact) mass is 333 g/mol. The molecule has 2 N–H and O–H groups in total. The number of allylic oxidation sites excluding steroid dienone is 1. The molecular weight excluding hydrogens is 310 g/mol. The van der Waals surface area contributed by atoms with Crippen molar-refractivity contribution in [3.05, 3.63) is 52.9 Å². The summed E-state index contributed by atoms with van der Waals surface area (Å²) in [6, 6.07) is 6.85. The first-order valence-electron chi connectivity index (χ1n) is 7.78. The van der Waals surface area contributed by atoms with Crippen LogP contribution in [0.15, 0.2) is 42.0 Å². The summed E-state index contributed by atoms with van der Waals surface area (Å²) in [6.45, 7) is 4.33. The van der Waals surface area contributed by atoms with Crippen LogP contribution in [0.25, 0.3) is 10.4 Å². The van der Waals surface area contributed by atoms with Crippen LogP contribution < -0.4 is 4.74 Å². The maximum absolute atomic E-state index is 10.4. The first-order valence-corrected chi connectivity index (χ1v) is 7.78. The van der Waals surface area contributed by atoms with E-state index >= 15 is 0 Å². The highest BCUT2D eigenvalue weighted by Crippen LogP contribution is 2.43. The molecule has 4 atom stereocenters. The minimum atomic E-state index is -1.09. The Morgan fingerprint density at radius 3 is 2.71 bits per heavy atom. The van der Waals surface area contributed by atoms with Crippen molar-refractivity contribution in [1.82, 2.24) is 0 Å². The highest BCUT2D eigenvalue weighted by molar-refractivity contribution is 5.26. The van der Waals surface area contributed by atoms with Crippen LogP contribution in [0.2, 0.25) is 0 Å². The van der Waals surface area contributed by atoms with E-state index < -0.39 is 23.7 Å².